The van der Waals surface area contributed by atoms with Gasteiger partial charge < -0.3 is 19.7 Å². The Morgan fingerprint density at radius 1 is 1.09 bits per heavy atom. The quantitative estimate of drug-likeness (QED) is 0.379. The van der Waals surface area contributed by atoms with E-state index in [0.29, 0.717) is 16.0 Å². The molecule has 0 spiro atoms. The minimum absolute atomic E-state index is 0.0578. The second-order valence-corrected chi connectivity index (χ2v) is 11.9. The smallest absolute Gasteiger partial charge is 0.349 e. The van der Waals surface area contributed by atoms with Crippen molar-refractivity contribution in [3.8, 4) is 5.75 Å². The number of anilines is 1. The number of rotatable bonds is 5. The highest BCUT2D eigenvalue weighted by Gasteiger charge is 2.28. The molecule has 2 heterocycles. The number of piperazine rings is 1. The van der Waals surface area contributed by atoms with Gasteiger partial charge in [-0.3, -0.25) is 4.79 Å². The van der Waals surface area contributed by atoms with Crippen molar-refractivity contribution >= 4 is 65.5 Å². The second kappa shape index (κ2) is 8.98. The van der Waals surface area contributed by atoms with Crippen molar-refractivity contribution in [3.63, 3.8) is 0 Å². The molecule has 0 unspecified atom stereocenters. The second-order valence-electron chi connectivity index (χ2n) is 8.66. The summed E-state index contributed by atoms with van der Waals surface area (Å²) in [6.07, 6.45) is 0. The van der Waals surface area contributed by atoms with Gasteiger partial charge in [0.25, 0.3) is 5.91 Å². The average molecular weight is 530 g/mol. The molecule has 1 aromatic heterocycles. The van der Waals surface area contributed by atoms with Gasteiger partial charge >= 0.3 is 10.1 Å². The Morgan fingerprint density at radius 2 is 1.83 bits per heavy atom. The van der Waals surface area contributed by atoms with E-state index in [9.17, 15) is 13.2 Å². The Hall–Kier alpha value is -2.85. The highest BCUT2D eigenvalue weighted by atomic mass is 35.5. The molecule has 5 rings (SSSR count). The molecule has 1 aliphatic heterocycles. The third-order valence-electron chi connectivity index (χ3n) is 6.36. The molecule has 3 aromatic carbocycles. The first kappa shape index (κ1) is 23.9. The summed E-state index contributed by atoms with van der Waals surface area (Å²) in [7, 11) is -2.18. The predicted octanol–water partition coefficient (Wildman–Crippen LogP) is 4.63. The first-order valence-corrected chi connectivity index (χ1v) is 13.7. The number of hydrogen-bond acceptors (Lipinski definition) is 7. The number of likely N-dealkylation sites (N-methyl/N-ethyl adjacent to an activating group) is 1. The van der Waals surface area contributed by atoms with E-state index in [1.165, 1.54) is 6.07 Å². The molecule has 1 fully saturated rings. The van der Waals surface area contributed by atoms with Gasteiger partial charge in [0.1, 0.15) is 0 Å². The number of carbonyl (C=O) groups is 1. The highest BCUT2D eigenvalue weighted by molar-refractivity contribution is 7.89. The number of aryl methyl sites for hydroxylation is 1. The van der Waals surface area contributed by atoms with Crippen LogP contribution >= 0.6 is 22.9 Å². The standard InChI is InChI=1S/C25H24ClN3O4S2/c1-15-18-14-17(26)7-9-21(18)34-25(15)35(31,32)33-20-8-6-16-4-3-5-19(22(16)23(20)24(27)30)29-12-10-28(2)11-13-29/h3-9,14H,10-13H2,1-2H3,(H2,27,30). The zero-order chi connectivity index (χ0) is 24.9. The Labute approximate surface area is 212 Å². The van der Waals surface area contributed by atoms with Crippen LogP contribution in [0.2, 0.25) is 5.02 Å². The van der Waals surface area contributed by atoms with Crippen LogP contribution in [0.5, 0.6) is 5.75 Å². The first-order valence-electron chi connectivity index (χ1n) is 11.1. The lowest BCUT2D eigenvalue weighted by molar-refractivity contribution is 0.100. The van der Waals surface area contributed by atoms with E-state index in [2.05, 4.69) is 16.8 Å². The minimum atomic E-state index is -4.24. The molecule has 0 saturated carbocycles. The van der Waals surface area contributed by atoms with Crippen LogP contribution in [0, 0.1) is 6.92 Å². The molecular weight excluding hydrogens is 506 g/mol. The van der Waals surface area contributed by atoms with Crippen molar-refractivity contribution in [2.45, 2.75) is 11.1 Å². The summed E-state index contributed by atoms with van der Waals surface area (Å²) in [5.41, 5.74) is 7.25. The molecule has 0 bridgehead atoms. The average Bonchev–Trinajstić information content (AvgIpc) is 3.15. The van der Waals surface area contributed by atoms with Crippen LogP contribution in [-0.2, 0) is 10.1 Å². The number of nitrogens with zero attached hydrogens (tertiary/aromatic N) is 2. The van der Waals surface area contributed by atoms with Gasteiger partial charge in [0, 0.05) is 47.0 Å². The lowest BCUT2D eigenvalue weighted by Crippen LogP contribution is -2.44. The van der Waals surface area contributed by atoms with Gasteiger partial charge in [0.2, 0.25) is 0 Å². The lowest BCUT2D eigenvalue weighted by atomic mass is 10.00. The van der Waals surface area contributed by atoms with Gasteiger partial charge in [-0.05, 0) is 60.6 Å². The summed E-state index contributed by atoms with van der Waals surface area (Å²) >= 11 is 7.21. The summed E-state index contributed by atoms with van der Waals surface area (Å²) < 4.78 is 33.3. The molecule has 1 aliphatic rings. The Balaban J connectivity index is 1.63. The number of fused-ring (bicyclic) bond motifs is 2. The van der Waals surface area contributed by atoms with E-state index in [4.69, 9.17) is 21.5 Å². The number of amides is 1. The summed E-state index contributed by atoms with van der Waals surface area (Å²) in [4.78, 5) is 17.1. The molecule has 2 N–H and O–H groups in total. The SMILES string of the molecule is Cc1c(S(=O)(=O)Oc2ccc3cccc(N4CCN(C)CC4)c3c2C(N)=O)sc2ccc(Cl)cc12. The van der Waals surface area contributed by atoms with Crippen molar-refractivity contribution in [2.24, 2.45) is 5.73 Å². The molecule has 0 aliphatic carbocycles. The Morgan fingerprint density at radius 3 is 2.54 bits per heavy atom. The van der Waals surface area contributed by atoms with Crippen molar-refractivity contribution < 1.29 is 17.4 Å². The molecule has 0 radical (unpaired) electrons. The maximum atomic E-state index is 13.4. The fourth-order valence-corrected chi connectivity index (χ4v) is 7.34. The normalized spacial score (nSPS) is 15.1. The van der Waals surface area contributed by atoms with Gasteiger partial charge in [-0.2, -0.15) is 8.42 Å². The third kappa shape index (κ3) is 4.33. The van der Waals surface area contributed by atoms with Crippen LogP contribution in [-0.4, -0.2) is 52.5 Å². The molecule has 0 atom stereocenters. The van der Waals surface area contributed by atoms with E-state index < -0.39 is 16.0 Å². The maximum Gasteiger partial charge on any atom is 0.349 e. The molecule has 35 heavy (non-hydrogen) atoms. The Bertz CT molecular complexity index is 1570. The zero-order valence-electron chi connectivity index (χ0n) is 19.2. The molecular formula is C25H24ClN3O4S2. The monoisotopic (exact) mass is 529 g/mol. The fraction of sp³-hybridized carbons (Fsp3) is 0.240. The molecule has 10 heteroatoms. The first-order chi connectivity index (χ1) is 16.7. The zero-order valence-corrected chi connectivity index (χ0v) is 21.6. The van der Waals surface area contributed by atoms with Gasteiger partial charge in [-0.25, -0.2) is 0 Å². The van der Waals surface area contributed by atoms with E-state index in [1.54, 1.807) is 31.2 Å². The van der Waals surface area contributed by atoms with Crippen molar-refractivity contribution in [2.75, 3.05) is 38.1 Å². The molecule has 1 amide bonds. The summed E-state index contributed by atoms with van der Waals surface area (Å²) in [5, 5.41) is 2.64. The van der Waals surface area contributed by atoms with Crippen LogP contribution < -0.4 is 14.8 Å². The van der Waals surface area contributed by atoms with E-state index >= 15 is 0 Å². The van der Waals surface area contributed by atoms with Gasteiger partial charge in [0.05, 0.1) is 5.56 Å². The van der Waals surface area contributed by atoms with E-state index in [1.807, 2.05) is 18.2 Å². The minimum Gasteiger partial charge on any atom is -0.378 e. The van der Waals surface area contributed by atoms with Crippen LogP contribution in [0.1, 0.15) is 15.9 Å². The number of primary amides is 1. The molecule has 7 nitrogen and oxygen atoms in total. The molecule has 182 valence electrons. The highest BCUT2D eigenvalue weighted by Crippen LogP contribution is 2.40. The van der Waals surface area contributed by atoms with E-state index in [0.717, 1.165) is 58.7 Å². The van der Waals surface area contributed by atoms with E-state index in [-0.39, 0.29) is 15.5 Å². The maximum absolute atomic E-state index is 13.4. The fourth-order valence-electron chi connectivity index (χ4n) is 4.53. The van der Waals surface area contributed by atoms with Crippen molar-refractivity contribution in [3.05, 3.63) is 64.7 Å². The predicted molar refractivity (Wildman–Crippen MR) is 142 cm³/mol. The third-order valence-corrected chi connectivity index (χ3v) is 9.68. The number of carbonyl (C=O) groups excluding carboxylic acids is 1. The van der Waals surface area contributed by atoms with Crippen molar-refractivity contribution in [1.29, 1.82) is 0 Å². The molecule has 1 saturated heterocycles. The van der Waals surface area contributed by atoms with Crippen LogP contribution in [0.25, 0.3) is 20.9 Å². The summed E-state index contributed by atoms with van der Waals surface area (Å²) in [6.45, 7) is 5.03. The van der Waals surface area contributed by atoms with Crippen LogP contribution in [0.3, 0.4) is 0 Å². The van der Waals surface area contributed by atoms with Gasteiger partial charge in [-0.15, -0.1) is 11.3 Å². The van der Waals surface area contributed by atoms with Crippen LogP contribution in [0.4, 0.5) is 5.69 Å². The number of nitrogens with two attached hydrogens (primary N) is 1. The van der Waals surface area contributed by atoms with Gasteiger partial charge in [0.15, 0.2) is 9.96 Å². The summed E-state index contributed by atoms with van der Waals surface area (Å²) in [6, 6.07) is 14.2. The lowest BCUT2D eigenvalue weighted by Gasteiger charge is -2.35. The number of hydrogen-bond donors (Lipinski definition) is 1. The largest absolute Gasteiger partial charge is 0.378 e. The number of benzene rings is 3. The summed E-state index contributed by atoms with van der Waals surface area (Å²) in [5.74, 6) is -0.830. The number of thiophene rings is 1. The molecule has 4 aromatic rings. The van der Waals surface area contributed by atoms with Crippen LogP contribution in [0.15, 0.2) is 52.7 Å². The van der Waals surface area contributed by atoms with Crippen molar-refractivity contribution in [1.82, 2.24) is 4.90 Å². The topological polar surface area (TPSA) is 92.9 Å². The Kier molecular flexibility index (Phi) is 6.13. The van der Waals surface area contributed by atoms with Gasteiger partial charge in [-0.1, -0.05) is 29.8 Å². The number of halogens is 1.